The highest BCUT2D eigenvalue weighted by Crippen LogP contribution is 2.38. The monoisotopic (exact) mass is 1210 g/mol. The van der Waals surface area contributed by atoms with Gasteiger partial charge in [0, 0.05) is 79.4 Å². The lowest BCUT2D eigenvalue weighted by Crippen LogP contribution is -2.30. The van der Waals surface area contributed by atoms with E-state index in [2.05, 4.69) is 165 Å². The largest absolute Gasteiger partial charge is 0.871 e. The van der Waals surface area contributed by atoms with E-state index in [1.807, 2.05) is 97.1 Å². The Hall–Kier alpha value is -11.4. The molecule has 2 aliphatic carbocycles. The summed E-state index contributed by atoms with van der Waals surface area (Å²) >= 11 is 0. The molecule has 0 saturated carbocycles. The molecule has 2 aromatic heterocycles. The summed E-state index contributed by atoms with van der Waals surface area (Å²) in [6, 6.07) is 66.5. The van der Waals surface area contributed by atoms with Crippen molar-refractivity contribution >= 4 is 46.4 Å². The standard InChI is InChI=1S/C48H44N2O2.C30H26N6O4/c1-33-5-13-37(14-6-33)29-49(30-38-15-7-34(2)8-16-38)43-25-21-41(22-26-43)45-47(51)46(48(45)52)42-23-27-44(28-24-42)50(31-39-17-9-35(3)10-18-39)32-40-19-11-36(4)12-20-40;37-27-23-3-1-4-24(35-23)28(38)32-16-20-9-13-22(14-10-20)18-34-30(40)26-6-2-5-25(36-26)29(39)33-17-21-11-7-19(8-12-21)15-31-27/h5-28H,29-32H2,1-4H3;1-14H,15-18H2,(H,31,37)(H,32,38)(H,33,39)(H,34,40). The lowest BCUT2D eigenvalue weighted by molar-refractivity contribution is -0.558. The lowest BCUT2D eigenvalue weighted by atomic mass is 9.80. The van der Waals surface area contributed by atoms with Gasteiger partial charge in [-0.2, -0.15) is 0 Å². The van der Waals surface area contributed by atoms with Crippen LogP contribution in [-0.2, 0) is 57.2 Å². The van der Waals surface area contributed by atoms with E-state index in [-0.39, 0.29) is 71.6 Å². The van der Waals surface area contributed by atoms with E-state index in [9.17, 15) is 29.1 Å². The molecule has 92 heavy (non-hydrogen) atoms. The normalized spacial score (nSPS) is 14.2. The van der Waals surface area contributed by atoms with Gasteiger partial charge in [0.15, 0.2) is 18.9 Å². The Balaban J connectivity index is 0.000000195. The lowest BCUT2D eigenvalue weighted by Gasteiger charge is -2.32. The molecule has 0 fully saturated rings. The van der Waals surface area contributed by atoms with Crippen LogP contribution >= 0.6 is 0 Å². The number of nitrogens with zero attached hydrogens (tertiary/aromatic N) is 4. The zero-order chi connectivity index (χ0) is 64.1. The van der Waals surface area contributed by atoms with Crippen molar-refractivity contribution in [1.29, 1.82) is 0 Å². The number of benzene rings is 7. The molecule has 0 atom stereocenters. The fourth-order valence-corrected chi connectivity index (χ4v) is 10.7. The van der Waals surface area contributed by atoms with E-state index in [0.29, 0.717) is 11.1 Å². The number of carbonyl (C=O) groups excluding carboxylic acids is 5. The van der Waals surface area contributed by atoms with Crippen molar-refractivity contribution in [3.05, 3.63) is 343 Å². The van der Waals surface area contributed by atoms with Crippen molar-refractivity contribution in [1.82, 2.24) is 31.2 Å². The average molecular weight is 1220 g/mol. The summed E-state index contributed by atoms with van der Waals surface area (Å²) < 4.78 is 2.33. The van der Waals surface area contributed by atoms with Crippen LogP contribution in [0.25, 0.3) is 5.57 Å². The number of ketones is 1. The van der Waals surface area contributed by atoms with Crippen LogP contribution in [0.15, 0.2) is 247 Å². The maximum Gasteiger partial charge on any atom is 0.270 e. The van der Waals surface area contributed by atoms with Gasteiger partial charge in [-0.3, -0.25) is 24.0 Å². The summed E-state index contributed by atoms with van der Waals surface area (Å²) in [4.78, 5) is 75.0. The van der Waals surface area contributed by atoms with Crippen LogP contribution in [0.5, 0.6) is 0 Å². The zero-order valence-corrected chi connectivity index (χ0v) is 51.8. The van der Waals surface area contributed by atoms with E-state index < -0.39 is 23.6 Å². The Morgan fingerprint density at radius 3 is 1.04 bits per heavy atom. The van der Waals surface area contributed by atoms with Gasteiger partial charge in [0.1, 0.15) is 22.8 Å². The van der Waals surface area contributed by atoms with E-state index in [0.717, 1.165) is 59.8 Å². The average Bonchev–Trinajstić information content (AvgIpc) is 0.758. The fourth-order valence-electron chi connectivity index (χ4n) is 10.7. The van der Waals surface area contributed by atoms with Crippen LogP contribution in [0, 0.1) is 27.7 Å². The Morgan fingerprint density at radius 2 is 0.717 bits per heavy atom. The minimum atomic E-state index is -0.398. The molecule has 4 aliphatic heterocycles. The Labute approximate surface area is 536 Å². The van der Waals surface area contributed by atoms with Gasteiger partial charge in [-0.25, -0.2) is 14.5 Å². The highest BCUT2D eigenvalue weighted by molar-refractivity contribution is 6.39. The zero-order valence-electron chi connectivity index (χ0n) is 51.8. The summed E-state index contributed by atoms with van der Waals surface area (Å²) in [5.41, 5.74) is 17.7. The molecule has 0 radical (unpaired) electrons. The van der Waals surface area contributed by atoms with Crippen molar-refractivity contribution in [3.8, 4) is 0 Å². The predicted octanol–water partition coefficient (Wildman–Crippen LogP) is 11.6. The minimum absolute atomic E-state index is 0.137. The highest BCUT2D eigenvalue weighted by Gasteiger charge is 2.31. The third kappa shape index (κ3) is 15.9. The van der Waals surface area contributed by atoms with Crippen molar-refractivity contribution in [2.45, 2.75) is 80.1 Å². The molecular formula is C78H70N8O6. The van der Waals surface area contributed by atoms with Crippen LogP contribution < -0.4 is 31.3 Å². The molecule has 0 unspecified atom stereocenters. The SMILES string of the molecule is Cc1ccc(CN(Cc2ccc(C)cc2)c2ccc(C3=C([O-])C(=C4C=CC(=[N+](Cc5ccc(C)cc5)Cc5ccc(C)cc5)C=C4)C3=O)cc2)cc1.O=C1NCc2ccc(cc2)CNC(=O)c2cccc(n2)C(=O)NCc2ccc(cc2)CNC(=O)c2cccc1n2. The van der Waals surface area contributed by atoms with Crippen molar-refractivity contribution in [2.75, 3.05) is 4.90 Å². The maximum absolute atomic E-state index is 13.6. The third-order valence-corrected chi connectivity index (χ3v) is 16.2. The molecule has 9 aromatic rings. The molecule has 14 heteroatoms. The second kappa shape index (κ2) is 28.8. The second-order valence-electron chi connectivity index (χ2n) is 23.3. The van der Waals surface area contributed by atoms with Crippen LogP contribution in [0.2, 0.25) is 0 Å². The number of nitrogens with one attached hydrogen (secondary N) is 4. The van der Waals surface area contributed by atoms with Crippen LogP contribution in [0.4, 0.5) is 5.69 Å². The van der Waals surface area contributed by atoms with Gasteiger partial charge in [0.25, 0.3) is 23.6 Å². The molecule has 4 amide bonds. The topological polar surface area (TPSA) is 189 Å². The molecule has 458 valence electrons. The minimum Gasteiger partial charge on any atom is -0.871 e. The van der Waals surface area contributed by atoms with Crippen LogP contribution in [0.1, 0.15) is 114 Å². The van der Waals surface area contributed by atoms with Gasteiger partial charge < -0.3 is 31.3 Å². The molecule has 14 nitrogen and oxygen atoms in total. The van der Waals surface area contributed by atoms with Gasteiger partial charge in [0.05, 0.1) is 0 Å². The number of allylic oxidation sites excluding steroid dienone is 7. The van der Waals surface area contributed by atoms with Gasteiger partial charge in [0.2, 0.25) is 5.71 Å². The first kappa shape index (κ1) is 62.2. The van der Waals surface area contributed by atoms with Gasteiger partial charge >= 0.3 is 0 Å². The Bertz CT molecular complexity index is 4030. The summed E-state index contributed by atoms with van der Waals surface area (Å²) in [5, 5.41) is 24.8. The first-order chi connectivity index (χ1) is 44.6. The van der Waals surface area contributed by atoms with E-state index in [4.69, 9.17) is 0 Å². The number of hydrogen-bond acceptors (Lipinski definition) is 9. The number of aryl methyl sites for hydroxylation is 4. The molecule has 7 aromatic carbocycles. The second-order valence-corrected chi connectivity index (χ2v) is 23.3. The first-order valence-corrected chi connectivity index (χ1v) is 30.6. The van der Waals surface area contributed by atoms with Gasteiger partial charge in [-0.15, -0.1) is 0 Å². The van der Waals surface area contributed by atoms with E-state index in [1.54, 1.807) is 36.4 Å². The Kier molecular flexibility index (Phi) is 19.5. The third-order valence-electron chi connectivity index (χ3n) is 16.2. The predicted molar refractivity (Wildman–Crippen MR) is 357 cm³/mol. The molecule has 15 rings (SSSR count). The molecule has 6 heterocycles. The summed E-state index contributed by atoms with van der Waals surface area (Å²) in [6.07, 6.45) is 7.86. The highest BCUT2D eigenvalue weighted by atomic mass is 16.3. The first-order valence-electron chi connectivity index (χ1n) is 30.6. The Morgan fingerprint density at radius 1 is 0.391 bits per heavy atom. The van der Waals surface area contributed by atoms with Crippen molar-refractivity contribution < 1.29 is 33.7 Å². The van der Waals surface area contributed by atoms with Crippen molar-refractivity contribution in [3.63, 3.8) is 0 Å². The maximum atomic E-state index is 13.6. The van der Waals surface area contributed by atoms with Gasteiger partial charge in [-0.1, -0.05) is 198 Å². The van der Waals surface area contributed by atoms with Crippen LogP contribution in [0.3, 0.4) is 0 Å². The number of hydrogen-bond donors (Lipinski definition) is 4. The molecular weight excluding hydrogens is 1140 g/mol. The molecule has 8 bridgehead atoms. The molecule has 4 N–H and O–H groups in total. The van der Waals surface area contributed by atoms with Gasteiger partial charge in [-0.05, 0) is 121 Å². The van der Waals surface area contributed by atoms with E-state index >= 15 is 0 Å². The molecule has 0 spiro atoms. The molecule has 0 saturated heterocycles. The van der Waals surface area contributed by atoms with E-state index in [1.165, 1.54) is 44.5 Å². The smallest absolute Gasteiger partial charge is 0.270 e. The van der Waals surface area contributed by atoms with Crippen molar-refractivity contribution in [2.24, 2.45) is 0 Å². The number of rotatable bonds is 10. The number of carbonyl (C=O) groups is 5. The molecule has 6 aliphatic rings. The summed E-state index contributed by atoms with van der Waals surface area (Å²) in [5.74, 6) is -1.99. The summed E-state index contributed by atoms with van der Waals surface area (Å²) in [6.45, 7) is 12.4. The number of aromatic nitrogens is 2. The fraction of sp³-hybridized carbons (Fsp3) is 0.154. The number of anilines is 1. The van der Waals surface area contributed by atoms with Crippen LogP contribution in [-0.4, -0.2) is 49.7 Å². The quantitative estimate of drug-likeness (QED) is 0.0763. The number of Topliss-reactive ketones (excluding diaryl/α,β-unsaturated/α-hetero) is 1. The number of amides is 4. The number of pyridine rings is 2. The summed E-state index contributed by atoms with van der Waals surface area (Å²) in [7, 11) is 0.